The Hall–Kier alpha value is -5.53. The largest absolute Gasteiger partial charge is 0.458 e. The highest BCUT2D eigenvalue weighted by atomic mass is 19.1. The van der Waals surface area contributed by atoms with Crippen molar-refractivity contribution >= 4 is 40.9 Å². The number of hydrogen-bond acceptors (Lipinski definition) is 9. The van der Waals surface area contributed by atoms with E-state index in [1.807, 2.05) is 39.0 Å². The molecular weight excluding hydrogens is 631 g/mol. The fraction of sp³-hybridized carbons (Fsp3) is 0.371. The van der Waals surface area contributed by atoms with E-state index in [0.717, 1.165) is 24.0 Å². The molecule has 13 nitrogen and oxygen atoms in total. The lowest BCUT2D eigenvalue weighted by molar-refractivity contribution is -0.114. The molecule has 0 saturated carbocycles. The second kappa shape index (κ2) is 14.7. The molecule has 3 N–H and O–H groups in total. The fourth-order valence-corrected chi connectivity index (χ4v) is 5.21. The first-order valence-corrected chi connectivity index (χ1v) is 16.1. The van der Waals surface area contributed by atoms with E-state index in [9.17, 15) is 18.8 Å². The lowest BCUT2D eigenvalue weighted by atomic mass is 10.1. The number of hydrogen-bond donors (Lipinski definition) is 3. The van der Waals surface area contributed by atoms with Crippen molar-refractivity contribution in [1.29, 1.82) is 0 Å². The van der Waals surface area contributed by atoms with Crippen molar-refractivity contribution < 1.29 is 28.2 Å². The summed E-state index contributed by atoms with van der Waals surface area (Å²) in [4.78, 5) is 48.4. The van der Waals surface area contributed by atoms with Gasteiger partial charge in [0.25, 0.3) is 11.8 Å². The number of carbonyl (C=O) groups excluding carboxylic acids is 3. The molecule has 258 valence electrons. The quantitative estimate of drug-likeness (QED) is 0.165. The number of piperidine rings is 1. The Labute approximate surface area is 283 Å². The van der Waals surface area contributed by atoms with Crippen molar-refractivity contribution in [2.24, 2.45) is 0 Å². The number of fused-ring (bicyclic) bond motifs is 1. The zero-order chi connectivity index (χ0) is 35.3. The van der Waals surface area contributed by atoms with Crippen LogP contribution in [0.1, 0.15) is 74.9 Å². The number of nitrogens with zero attached hydrogens (tertiary/aromatic N) is 5. The predicted molar refractivity (Wildman–Crippen MR) is 183 cm³/mol. The number of ether oxygens (including phenoxy) is 2. The number of aromatic nitrogens is 4. The number of carbonyl (C=O) groups is 3. The van der Waals surface area contributed by atoms with Crippen LogP contribution < -0.4 is 20.7 Å². The van der Waals surface area contributed by atoms with Gasteiger partial charge in [-0.25, -0.2) is 9.18 Å². The summed E-state index contributed by atoms with van der Waals surface area (Å²) in [6.45, 7) is 13.9. The Morgan fingerprint density at radius 1 is 1.06 bits per heavy atom. The standard InChI is InChI=1S/C35H41FN8O5/c1-21(2)28-19-38-44-29(28)41-33(48-27-14-9-15-43(20-27)34(47)49-35(4,5)6)42-32(44)37-18-23-10-7-12-25(16-23)40-31(46)24-11-8-13-26(17-24)39-30(45)22(3)36/h7-8,10-13,16-17,19,21,27H,3,9,14-15,18,20H2,1-2,4-6H3,(H,39,45)(H,40,46)(H,37,41,42)/t27-/m1/s1. The molecule has 1 atom stereocenters. The van der Waals surface area contributed by atoms with Crippen molar-refractivity contribution in [3.8, 4) is 6.01 Å². The number of benzene rings is 2. The van der Waals surface area contributed by atoms with Crippen LogP contribution in [0.3, 0.4) is 0 Å². The topological polar surface area (TPSA) is 152 Å². The van der Waals surface area contributed by atoms with Gasteiger partial charge in [0, 0.05) is 35.6 Å². The minimum atomic E-state index is -1.13. The number of nitrogens with one attached hydrogen (secondary N) is 3. The molecule has 0 aliphatic carbocycles. The minimum Gasteiger partial charge on any atom is -0.458 e. The van der Waals surface area contributed by atoms with Crippen molar-refractivity contribution in [2.45, 2.75) is 71.6 Å². The van der Waals surface area contributed by atoms with Gasteiger partial charge in [-0.2, -0.15) is 19.6 Å². The van der Waals surface area contributed by atoms with E-state index in [1.54, 1.807) is 39.9 Å². The van der Waals surface area contributed by atoms with E-state index >= 15 is 0 Å². The monoisotopic (exact) mass is 672 g/mol. The van der Waals surface area contributed by atoms with Gasteiger partial charge in [0.1, 0.15) is 11.7 Å². The Morgan fingerprint density at radius 3 is 2.51 bits per heavy atom. The third-order valence-electron chi connectivity index (χ3n) is 7.56. The van der Waals surface area contributed by atoms with Crippen LogP contribution in [-0.4, -0.2) is 67.2 Å². The van der Waals surface area contributed by atoms with Crippen molar-refractivity contribution in [1.82, 2.24) is 24.5 Å². The molecule has 0 unspecified atom stereocenters. The summed E-state index contributed by atoms with van der Waals surface area (Å²) in [5.41, 5.74) is 2.85. The van der Waals surface area contributed by atoms with Gasteiger partial charge in [0.15, 0.2) is 11.5 Å². The number of halogens is 1. The molecule has 0 spiro atoms. The lowest BCUT2D eigenvalue weighted by Gasteiger charge is -2.33. The van der Waals surface area contributed by atoms with Crippen LogP contribution >= 0.6 is 0 Å². The smallest absolute Gasteiger partial charge is 0.410 e. The first-order valence-electron chi connectivity index (χ1n) is 16.1. The molecule has 49 heavy (non-hydrogen) atoms. The summed E-state index contributed by atoms with van der Waals surface area (Å²) in [6, 6.07) is 13.6. The maximum absolute atomic E-state index is 13.1. The van der Waals surface area contributed by atoms with Crippen molar-refractivity contribution in [3.05, 3.63) is 83.8 Å². The van der Waals surface area contributed by atoms with Crippen LogP contribution in [0.2, 0.25) is 0 Å². The summed E-state index contributed by atoms with van der Waals surface area (Å²) in [5.74, 6) is -1.96. The number of likely N-dealkylation sites (tertiary alicyclic amines) is 1. The van der Waals surface area contributed by atoms with Crippen LogP contribution in [0.25, 0.3) is 5.65 Å². The maximum atomic E-state index is 13.1. The predicted octanol–water partition coefficient (Wildman–Crippen LogP) is 6.31. The van der Waals surface area contributed by atoms with E-state index in [4.69, 9.17) is 14.5 Å². The van der Waals surface area contributed by atoms with Gasteiger partial charge in [0.05, 0.1) is 12.7 Å². The van der Waals surface area contributed by atoms with Crippen LogP contribution in [-0.2, 0) is 16.1 Å². The molecule has 14 heteroatoms. The minimum absolute atomic E-state index is 0.144. The van der Waals surface area contributed by atoms with Crippen LogP contribution in [0, 0.1) is 0 Å². The van der Waals surface area contributed by atoms with E-state index in [-0.39, 0.29) is 35.4 Å². The first kappa shape index (κ1) is 34.8. The summed E-state index contributed by atoms with van der Waals surface area (Å²) in [6.07, 6.45) is 2.56. The van der Waals surface area contributed by atoms with E-state index in [2.05, 4.69) is 46.5 Å². The molecule has 4 aromatic rings. The maximum Gasteiger partial charge on any atom is 0.410 e. The molecule has 2 aromatic carbocycles. The van der Waals surface area contributed by atoms with Gasteiger partial charge in [-0.1, -0.05) is 38.6 Å². The lowest BCUT2D eigenvalue weighted by Crippen LogP contribution is -2.46. The molecule has 1 aliphatic heterocycles. The highest BCUT2D eigenvalue weighted by molar-refractivity contribution is 6.06. The Morgan fingerprint density at radius 2 is 1.80 bits per heavy atom. The summed E-state index contributed by atoms with van der Waals surface area (Å²) >= 11 is 0. The molecule has 1 fully saturated rings. The number of rotatable bonds is 10. The fourth-order valence-electron chi connectivity index (χ4n) is 5.21. The third kappa shape index (κ3) is 9.09. The van der Waals surface area contributed by atoms with E-state index < -0.39 is 23.2 Å². The van der Waals surface area contributed by atoms with Gasteiger partial charge in [-0.15, -0.1) is 0 Å². The Balaban J connectivity index is 1.30. The zero-order valence-electron chi connectivity index (χ0n) is 28.2. The summed E-state index contributed by atoms with van der Waals surface area (Å²) in [7, 11) is 0. The highest BCUT2D eigenvalue weighted by Crippen LogP contribution is 2.25. The SMILES string of the molecule is C=C(F)C(=O)Nc1cccc(C(=O)Nc2cccc(CNc3nc(O[C@@H]4CCCN(C(=O)OC(C)(C)C)C4)nc4c(C(C)C)cnn34)c2)c1. The normalized spacial score (nSPS) is 14.8. The molecule has 0 bridgehead atoms. The van der Waals surface area contributed by atoms with Gasteiger partial charge >= 0.3 is 12.1 Å². The molecule has 1 saturated heterocycles. The molecule has 3 heterocycles. The van der Waals surface area contributed by atoms with E-state index in [1.165, 1.54) is 6.07 Å². The zero-order valence-corrected chi connectivity index (χ0v) is 28.2. The average Bonchev–Trinajstić information content (AvgIpc) is 3.48. The van der Waals surface area contributed by atoms with Crippen LogP contribution in [0.4, 0.5) is 26.5 Å². The van der Waals surface area contributed by atoms with Crippen molar-refractivity contribution in [2.75, 3.05) is 29.0 Å². The van der Waals surface area contributed by atoms with Gasteiger partial charge in [-0.05, 0) is 75.4 Å². The molecular formula is C35H41FN8O5. The third-order valence-corrected chi connectivity index (χ3v) is 7.56. The first-order chi connectivity index (χ1) is 23.3. The Kier molecular flexibility index (Phi) is 10.4. The second-order valence-corrected chi connectivity index (χ2v) is 13.1. The summed E-state index contributed by atoms with van der Waals surface area (Å²) in [5, 5.41) is 13.1. The summed E-state index contributed by atoms with van der Waals surface area (Å²) < 4.78 is 26.6. The molecule has 0 radical (unpaired) electrons. The van der Waals surface area contributed by atoms with Crippen LogP contribution in [0.5, 0.6) is 6.01 Å². The van der Waals surface area contributed by atoms with Gasteiger partial charge < -0.3 is 30.3 Å². The van der Waals surface area contributed by atoms with Crippen molar-refractivity contribution in [3.63, 3.8) is 0 Å². The number of amides is 3. The second-order valence-electron chi connectivity index (χ2n) is 13.1. The highest BCUT2D eigenvalue weighted by Gasteiger charge is 2.29. The Bertz CT molecular complexity index is 1870. The van der Waals surface area contributed by atoms with Crippen LogP contribution in [0.15, 0.2) is 67.1 Å². The van der Waals surface area contributed by atoms with E-state index in [0.29, 0.717) is 36.9 Å². The average molecular weight is 673 g/mol. The van der Waals surface area contributed by atoms with Gasteiger partial charge in [-0.3, -0.25) is 9.59 Å². The molecule has 3 amide bonds. The number of anilines is 3. The molecule has 5 rings (SSSR count). The van der Waals surface area contributed by atoms with Gasteiger partial charge in [0.2, 0.25) is 5.95 Å². The molecule has 2 aromatic heterocycles. The molecule has 1 aliphatic rings.